The van der Waals surface area contributed by atoms with E-state index in [-0.39, 0.29) is 10.9 Å². The smallest absolute Gasteiger partial charge is 0.247 e. The Morgan fingerprint density at radius 1 is 1.19 bits per heavy atom. The second kappa shape index (κ2) is 6.54. The number of sulfonamides is 1. The van der Waals surface area contributed by atoms with E-state index < -0.39 is 10.0 Å². The Labute approximate surface area is 134 Å². The number of halogens is 1. The molecule has 0 bridgehead atoms. The molecule has 2 rings (SSSR count). The zero-order valence-corrected chi connectivity index (χ0v) is 14.8. The van der Waals surface area contributed by atoms with Gasteiger partial charge in [0, 0.05) is 18.7 Å². The minimum atomic E-state index is -3.60. The van der Waals surface area contributed by atoms with Crippen LogP contribution in [0.3, 0.4) is 0 Å². The van der Waals surface area contributed by atoms with E-state index in [1.807, 2.05) is 6.92 Å². The van der Waals surface area contributed by atoms with E-state index >= 15 is 0 Å². The molecule has 1 aliphatic rings. The standard InChI is InChI=1S/C14H20BrNO4S/c1-10-6-4-5-7-16(10)21(17,18)14-9-12(19-2)11(15)8-13(14)20-3/h8-10H,4-7H2,1-3H3/t10-/m0/s1. The third kappa shape index (κ3) is 3.19. The highest BCUT2D eigenvalue weighted by Crippen LogP contribution is 2.37. The van der Waals surface area contributed by atoms with Gasteiger partial charge in [0.05, 0.1) is 18.7 Å². The molecule has 0 unspecified atom stereocenters. The van der Waals surface area contributed by atoms with Crippen LogP contribution in [0.4, 0.5) is 0 Å². The van der Waals surface area contributed by atoms with Gasteiger partial charge in [-0.25, -0.2) is 8.42 Å². The largest absolute Gasteiger partial charge is 0.496 e. The Kier molecular flexibility index (Phi) is 5.16. The Bertz CT molecular complexity index is 618. The molecular weight excluding hydrogens is 358 g/mol. The number of ether oxygens (including phenoxy) is 2. The first-order valence-corrected chi connectivity index (χ1v) is 9.08. The molecule has 0 N–H and O–H groups in total. The summed E-state index contributed by atoms with van der Waals surface area (Å²) < 4.78 is 38.5. The highest BCUT2D eigenvalue weighted by Gasteiger charge is 2.33. The van der Waals surface area contributed by atoms with Gasteiger partial charge in [-0.15, -0.1) is 0 Å². The molecule has 0 amide bonds. The fourth-order valence-corrected chi connectivity index (χ4v) is 4.93. The van der Waals surface area contributed by atoms with Crippen LogP contribution < -0.4 is 9.47 Å². The molecule has 0 saturated carbocycles. The van der Waals surface area contributed by atoms with Crippen LogP contribution in [-0.2, 0) is 10.0 Å². The van der Waals surface area contributed by atoms with Crippen LogP contribution in [0.25, 0.3) is 0 Å². The van der Waals surface area contributed by atoms with Crippen LogP contribution in [0.5, 0.6) is 11.5 Å². The lowest BCUT2D eigenvalue weighted by atomic mass is 10.1. The molecule has 1 saturated heterocycles. The van der Waals surface area contributed by atoms with E-state index in [9.17, 15) is 8.42 Å². The van der Waals surface area contributed by atoms with Gasteiger partial charge < -0.3 is 9.47 Å². The van der Waals surface area contributed by atoms with E-state index in [1.165, 1.54) is 20.3 Å². The Morgan fingerprint density at radius 2 is 1.86 bits per heavy atom. The minimum Gasteiger partial charge on any atom is -0.496 e. The van der Waals surface area contributed by atoms with Gasteiger partial charge in [-0.1, -0.05) is 6.42 Å². The van der Waals surface area contributed by atoms with E-state index in [1.54, 1.807) is 10.4 Å². The number of benzene rings is 1. The van der Waals surface area contributed by atoms with Crippen LogP contribution in [-0.4, -0.2) is 39.5 Å². The number of piperidine rings is 1. The summed E-state index contributed by atoms with van der Waals surface area (Å²) in [5, 5.41) is 0. The van der Waals surface area contributed by atoms with Crippen LogP contribution >= 0.6 is 15.9 Å². The molecule has 1 fully saturated rings. The molecule has 1 aromatic rings. The molecule has 118 valence electrons. The Morgan fingerprint density at radius 3 is 2.43 bits per heavy atom. The van der Waals surface area contributed by atoms with Crippen LogP contribution in [0.2, 0.25) is 0 Å². The molecule has 0 aliphatic carbocycles. The molecule has 5 nitrogen and oxygen atoms in total. The van der Waals surface area contributed by atoms with Gasteiger partial charge >= 0.3 is 0 Å². The number of hydrogen-bond donors (Lipinski definition) is 0. The quantitative estimate of drug-likeness (QED) is 0.808. The summed E-state index contributed by atoms with van der Waals surface area (Å²) in [4.78, 5) is 0.152. The maximum atomic E-state index is 12.9. The van der Waals surface area contributed by atoms with Gasteiger partial charge in [-0.2, -0.15) is 4.31 Å². The topological polar surface area (TPSA) is 55.8 Å². The van der Waals surface area contributed by atoms with Gasteiger partial charge in [0.25, 0.3) is 0 Å². The lowest BCUT2D eigenvalue weighted by Gasteiger charge is -2.32. The van der Waals surface area contributed by atoms with Crippen LogP contribution in [0.1, 0.15) is 26.2 Å². The molecule has 21 heavy (non-hydrogen) atoms. The van der Waals surface area contributed by atoms with Gasteiger partial charge in [0.15, 0.2) is 0 Å². The predicted octanol–water partition coefficient (Wildman–Crippen LogP) is 3.03. The first-order valence-electron chi connectivity index (χ1n) is 6.85. The Hall–Kier alpha value is -0.790. The van der Waals surface area contributed by atoms with Crippen molar-refractivity contribution >= 4 is 26.0 Å². The summed E-state index contributed by atoms with van der Waals surface area (Å²) in [7, 11) is -0.624. The highest BCUT2D eigenvalue weighted by atomic mass is 79.9. The summed E-state index contributed by atoms with van der Waals surface area (Å²) in [6.07, 6.45) is 2.84. The molecule has 1 aromatic carbocycles. The summed E-state index contributed by atoms with van der Waals surface area (Å²) in [5.41, 5.74) is 0. The average Bonchev–Trinajstić information content (AvgIpc) is 2.46. The van der Waals surface area contributed by atoms with Gasteiger partial charge in [0.1, 0.15) is 16.4 Å². The minimum absolute atomic E-state index is 0.00287. The van der Waals surface area contributed by atoms with Crippen molar-refractivity contribution in [2.24, 2.45) is 0 Å². The van der Waals surface area contributed by atoms with Gasteiger partial charge in [-0.05, 0) is 41.8 Å². The van der Waals surface area contributed by atoms with Crippen molar-refractivity contribution < 1.29 is 17.9 Å². The summed E-state index contributed by atoms with van der Waals surface area (Å²) in [5.74, 6) is 0.791. The highest BCUT2D eigenvalue weighted by molar-refractivity contribution is 9.10. The molecule has 7 heteroatoms. The van der Waals surface area contributed by atoms with Crippen molar-refractivity contribution in [2.75, 3.05) is 20.8 Å². The number of nitrogens with zero attached hydrogens (tertiary/aromatic N) is 1. The second-order valence-electron chi connectivity index (χ2n) is 5.10. The number of rotatable bonds is 4. The lowest BCUT2D eigenvalue weighted by Crippen LogP contribution is -2.42. The maximum Gasteiger partial charge on any atom is 0.247 e. The van der Waals surface area contributed by atoms with Gasteiger partial charge in [0.2, 0.25) is 10.0 Å². The summed E-state index contributed by atoms with van der Waals surface area (Å²) in [6.45, 7) is 2.49. The van der Waals surface area contributed by atoms with Gasteiger partial charge in [-0.3, -0.25) is 0 Å². The molecule has 1 heterocycles. The van der Waals surface area contributed by atoms with Crippen LogP contribution in [0, 0.1) is 0 Å². The lowest BCUT2D eigenvalue weighted by molar-refractivity contribution is 0.267. The number of methoxy groups -OCH3 is 2. The third-order valence-electron chi connectivity index (χ3n) is 3.77. The molecule has 0 aromatic heterocycles. The fraction of sp³-hybridized carbons (Fsp3) is 0.571. The average molecular weight is 378 g/mol. The molecule has 1 aliphatic heterocycles. The Balaban J connectivity index is 2.52. The molecule has 0 spiro atoms. The van der Waals surface area contributed by atoms with Crippen molar-refractivity contribution in [2.45, 2.75) is 37.1 Å². The first kappa shape index (κ1) is 16.6. The summed E-state index contributed by atoms with van der Waals surface area (Å²) in [6, 6.07) is 3.14. The number of hydrogen-bond acceptors (Lipinski definition) is 4. The predicted molar refractivity (Wildman–Crippen MR) is 84.5 cm³/mol. The van der Waals surface area contributed by atoms with Crippen molar-refractivity contribution in [1.82, 2.24) is 4.31 Å². The zero-order chi connectivity index (χ0) is 15.6. The SMILES string of the molecule is COc1cc(S(=O)(=O)N2CCCC[C@@H]2C)c(OC)cc1Br. The summed E-state index contributed by atoms with van der Waals surface area (Å²) >= 11 is 3.34. The zero-order valence-electron chi connectivity index (χ0n) is 12.4. The van der Waals surface area contributed by atoms with E-state index in [0.717, 1.165) is 19.3 Å². The van der Waals surface area contributed by atoms with Crippen molar-refractivity contribution in [1.29, 1.82) is 0 Å². The van der Waals surface area contributed by atoms with Crippen molar-refractivity contribution in [3.63, 3.8) is 0 Å². The van der Waals surface area contributed by atoms with E-state index in [2.05, 4.69) is 15.9 Å². The van der Waals surface area contributed by atoms with Crippen molar-refractivity contribution in [3.8, 4) is 11.5 Å². The molecular formula is C14H20BrNO4S. The third-order valence-corrected chi connectivity index (χ3v) is 6.42. The monoisotopic (exact) mass is 377 g/mol. The first-order chi connectivity index (χ1) is 9.91. The molecule has 0 radical (unpaired) electrons. The van der Waals surface area contributed by atoms with Crippen LogP contribution in [0.15, 0.2) is 21.5 Å². The van der Waals surface area contributed by atoms with E-state index in [0.29, 0.717) is 22.5 Å². The van der Waals surface area contributed by atoms with Crippen molar-refractivity contribution in [3.05, 3.63) is 16.6 Å². The normalized spacial score (nSPS) is 20.3. The molecule has 1 atom stereocenters. The maximum absolute atomic E-state index is 12.9. The fourth-order valence-electron chi connectivity index (χ4n) is 2.59. The second-order valence-corrected chi connectivity index (χ2v) is 7.81. The van der Waals surface area contributed by atoms with E-state index in [4.69, 9.17) is 9.47 Å².